The third-order valence-corrected chi connectivity index (χ3v) is 3.95. The van der Waals surface area contributed by atoms with Gasteiger partial charge in [0.2, 0.25) is 0 Å². The predicted molar refractivity (Wildman–Crippen MR) is 78.5 cm³/mol. The van der Waals surface area contributed by atoms with Crippen molar-refractivity contribution in [1.82, 2.24) is 10.2 Å². The van der Waals surface area contributed by atoms with Crippen LogP contribution in [-0.4, -0.2) is 41.1 Å². The molecule has 0 heterocycles. The summed E-state index contributed by atoms with van der Waals surface area (Å²) in [5.41, 5.74) is 0. The molecule has 1 fully saturated rings. The Labute approximate surface area is 121 Å². The standard InChI is InChI=1S/C15H26N2O3/c1-4-9-17(11(2)3)15(20)16-10-12-7-5-6-8-13(12)14(18)19/h4,11-13H,1,5-10H2,2-3H3,(H,16,20)(H,18,19). The lowest BCUT2D eigenvalue weighted by atomic mass is 9.79. The fraction of sp³-hybridized carbons (Fsp3) is 0.733. The van der Waals surface area contributed by atoms with Gasteiger partial charge in [-0.15, -0.1) is 6.58 Å². The van der Waals surface area contributed by atoms with Gasteiger partial charge >= 0.3 is 12.0 Å². The van der Waals surface area contributed by atoms with Gasteiger partial charge in [0.1, 0.15) is 0 Å². The largest absolute Gasteiger partial charge is 0.481 e. The highest BCUT2D eigenvalue weighted by molar-refractivity contribution is 5.75. The average Bonchev–Trinajstić information content (AvgIpc) is 2.42. The Morgan fingerprint density at radius 1 is 1.40 bits per heavy atom. The molecule has 0 bridgehead atoms. The monoisotopic (exact) mass is 282 g/mol. The summed E-state index contributed by atoms with van der Waals surface area (Å²) in [6.07, 6.45) is 5.30. The molecule has 0 saturated heterocycles. The van der Waals surface area contributed by atoms with Gasteiger partial charge in [-0.2, -0.15) is 0 Å². The molecule has 5 nitrogen and oxygen atoms in total. The van der Waals surface area contributed by atoms with Crippen LogP contribution in [0.1, 0.15) is 39.5 Å². The van der Waals surface area contributed by atoms with Crippen molar-refractivity contribution in [2.75, 3.05) is 13.1 Å². The van der Waals surface area contributed by atoms with E-state index in [2.05, 4.69) is 11.9 Å². The molecule has 20 heavy (non-hydrogen) atoms. The van der Waals surface area contributed by atoms with Crippen molar-refractivity contribution in [3.63, 3.8) is 0 Å². The number of hydrogen-bond donors (Lipinski definition) is 2. The molecule has 2 atom stereocenters. The number of carbonyl (C=O) groups is 2. The fourth-order valence-electron chi connectivity index (χ4n) is 2.76. The minimum atomic E-state index is -0.740. The summed E-state index contributed by atoms with van der Waals surface area (Å²) in [6.45, 7) is 8.48. The maximum atomic E-state index is 12.1. The van der Waals surface area contributed by atoms with Crippen LogP contribution >= 0.6 is 0 Å². The average molecular weight is 282 g/mol. The zero-order valence-corrected chi connectivity index (χ0v) is 12.5. The Kier molecular flexibility index (Phi) is 6.55. The fourth-order valence-corrected chi connectivity index (χ4v) is 2.76. The van der Waals surface area contributed by atoms with E-state index in [-0.39, 0.29) is 23.9 Å². The molecule has 114 valence electrons. The number of amides is 2. The van der Waals surface area contributed by atoms with Crippen LogP contribution in [0.4, 0.5) is 4.79 Å². The highest BCUT2D eigenvalue weighted by atomic mass is 16.4. The van der Waals surface area contributed by atoms with Crippen molar-refractivity contribution in [2.45, 2.75) is 45.6 Å². The summed E-state index contributed by atoms with van der Waals surface area (Å²) in [7, 11) is 0. The van der Waals surface area contributed by atoms with Crippen molar-refractivity contribution in [3.05, 3.63) is 12.7 Å². The highest BCUT2D eigenvalue weighted by Gasteiger charge is 2.31. The number of carboxylic acid groups (broad SMARTS) is 1. The van der Waals surface area contributed by atoms with E-state index < -0.39 is 5.97 Å². The maximum absolute atomic E-state index is 12.1. The molecule has 1 saturated carbocycles. The van der Waals surface area contributed by atoms with Crippen molar-refractivity contribution < 1.29 is 14.7 Å². The molecule has 1 aliphatic carbocycles. The second-order valence-corrected chi connectivity index (χ2v) is 5.71. The number of carbonyl (C=O) groups excluding carboxylic acids is 1. The van der Waals surface area contributed by atoms with E-state index in [1.807, 2.05) is 13.8 Å². The molecule has 1 rings (SSSR count). The maximum Gasteiger partial charge on any atom is 0.317 e. The van der Waals surface area contributed by atoms with Gasteiger partial charge in [-0.25, -0.2) is 4.79 Å². The van der Waals surface area contributed by atoms with E-state index in [0.717, 1.165) is 25.7 Å². The van der Waals surface area contributed by atoms with Gasteiger partial charge in [0, 0.05) is 19.1 Å². The van der Waals surface area contributed by atoms with Gasteiger partial charge in [0.05, 0.1) is 5.92 Å². The lowest BCUT2D eigenvalue weighted by molar-refractivity contribution is -0.144. The Morgan fingerprint density at radius 3 is 2.60 bits per heavy atom. The molecule has 5 heteroatoms. The molecule has 1 aliphatic rings. The van der Waals surface area contributed by atoms with E-state index >= 15 is 0 Å². The number of nitrogens with one attached hydrogen (secondary N) is 1. The Bertz CT molecular complexity index is 355. The zero-order chi connectivity index (χ0) is 15.1. The van der Waals surface area contributed by atoms with Gasteiger partial charge in [-0.3, -0.25) is 4.79 Å². The molecule has 0 spiro atoms. The lowest BCUT2D eigenvalue weighted by Crippen LogP contribution is -2.46. The van der Waals surface area contributed by atoms with E-state index in [0.29, 0.717) is 13.1 Å². The van der Waals surface area contributed by atoms with Crippen molar-refractivity contribution in [2.24, 2.45) is 11.8 Å². The molecule has 2 N–H and O–H groups in total. The van der Waals surface area contributed by atoms with Crippen LogP contribution in [-0.2, 0) is 4.79 Å². The smallest absolute Gasteiger partial charge is 0.317 e. The van der Waals surface area contributed by atoms with Crippen LogP contribution in [0.3, 0.4) is 0 Å². The summed E-state index contributed by atoms with van der Waals surface area (Å²) in [5.74, 6) is -1.02. The zero-order valence-electron chi connectivity index (χ0n) is 12.5. The topological polar surface area (TPSA) is 69.6 Å². The number of nitrogens with zero attached hydrogens (tertiary/aromatic N) is 1. The van der Waals surface area contributed by atoms with E-state index in [4.69, 9.17) is 0 Å². The first kappa shape index (κ1) is 16.5. The second-order valence-electron chi connectivity index (χ2n) is 5.71. The minimum Gasteiger partial charge on any atom is -0.481 e. The van der Waals surface area contributed by atoms with Crippen LogP contribution in [0.5, 0.6) is 0 Å². The normalized spacial score (nSPS) is 22.4. The van der Waals surface area contributed by atoms with Crippen LogP contribution in [0.25, 0.3) is 0 Å². The SMILES string of the molecule is C=CCN(C(=O)NCC1CCCCC1C(=O)O)C(C)C. The van der Waals surface area contributed by atoms with Crippen LogP contribution in [0.15, 0.2) is 12.7 Å². The molecule has 0 aromatic heterocycles. The summed E-state index contributed by atoms with van der Waals surface area (Å²) < 4.78 is 0. The molecule has 0 aliphatic heterocycles. The number of urea groups is 1. The van der Waals surface area contributed by atoms with Gasteiger partial charge in [-0.05, 0) is 32.6 Å². The Hall–Kier alpha value is -1.52. The van der Waals surface area contributed by atoms with Crippen molar-refractivity contribution in [1.29, 1.82) is 0 Å². The third-order valence-electron chi connectivity index (χ3n) is 3.95. The van der Waals surface area contributed by atoms with Gasteiger partial charge in [0.25, 0.3) is 0 Å². The van der Waals surface area contributed by atoms with Gasteiger partial charge < -0.3 is 15.3 Å². The third kappa shape index (κ3) is 4.54. The summed E-state index contributed by atoms with van der Waals surface area (Å²) in [6, 6.07) is -0.0516. The van der Waals surface area contributed by atoms with Gasteiger partial charge in [0.15, 0.2) is 0 Å². The molecule has 2 amide bonds. The first-order valence-corrected chi connectivity index (χ1v) is 7.35. The Balaban J connectivity index is 2.53. The quantitative estimate of drug-likeness (QED) is 0.735. The molecule has 2 unspecified atom stereocenters. The summed E-state index contributed by atoms with van der Waals surface area (Å²) in [4.78, 5) is 25.0. The highest BCUT2D eigenvalue weighted by Crippen LogP contribution is 2.29. The molecular formula is C15H26N2O3. The number of carboxylic acids is 1. The summed E-state index contributed by atoms with van der Waals surface area (Å²) >= 11 is 0. The number of rotatable bonds is 6. The minimum absolute atomic E-state index is 0.0444. The second kappa shape index (κ2) is 7.92. The van der Waals surface area contributed by atoms with Crippen molar-refractivity contribution >= 4 is 12.0 Å². The van der Waals surface area contributed by atoms with Crippen LogP contribution < -0.4 is 5.32 Å². The first-order valence-electron chi connectivity index (χ1n) is 7.35. The molecule has 0 radical (unpaired) electrons. The van der Waals surface area contributed by atoms with E-state index in [1.165, 1.54) is 0 Å². The van der Waals surface area contributed by atoms with Crippen LogP contribution in [0, 0.1) is 11.8 Å². The molecule has 0 aromatic rings. The number of hydrogen-bond acceptors (Lipinski definition) is 2. The molecular weight excluding hydrogens is 256 g/mol. The Morgan fingerprint density at radius 2 is 2.05 bits per heavy atom. The molecule has 0 aromatic carbocycles. The predicted octanol–water partition coefficient (Wildman–Crippen LogP) is 2.48. The van der Waals surface area contributed by atoms with Crippen LogP contribution in [0.2, 0.25) is 0 Å². The van der Waals surface area contributed by atoms with Crippen molar-refractivity contribution in [3.8, 4) is 0 Å². The van der Waals surface area contributed by atoms with E-state index in [9.17, 15) is 14.7 Å². The van der Waals surface area contributed by atoms with Gasteiger partial charge in [-0.1, -0.05) is 18.9 Å². The first-order chi connectivity index (χ1) is 9.47. The lowest BCUT2D eigenvalue weighted by Gasteiger charge is -2.31. The number of aliphatic carboxylic acids is 1. The summed E-state index contributed by atoms with van der Waals surface area (Å²) in [5, 5.41) is 12.1. The van der Waals surface area contributed by atoms with E-state index in [1.54, 1.807) is 11.0 Å².